The number of carbonyl (C=O) groups is 2. The van der Waals surface area contributed by atoms with E-state index in [9.17, 15) is 14.0 Å². The molecule has 28 heavy (non-hydrogen) atoms. The molecule has 0 aromatic heterocycles. The Kier molecular flexibility index (Phi) is 5.98. The van der Waals surface area contributed by atoms with E-state index in [1.54, 1.807) is 42.3 Å². The van der Waals surface area contributed by atoms with Crippen LogP contribution in [-0.4, -0.2) is 38.7 Å². The summed E-state index contributed by atoms with van der Waals surface area (Å²) >= 11 is 0. The van der Waals surface area contributed by atoms with Crippen LogP contribution in [0.15, 0.2) is 42.5 Å². The van der Waals surface area contributed by atoms with Crippen LogP contribution < -0.4 is 25.0 Å². The number of anilines is 1. The van der Waals surface area contributed by atoms with E-state index in [1.807, 2.05) is 0 Å². The smallest absolute Gasteiger partial charge is 0.315 e. The number of carbonyl (C=O) groups excluding carboxylic acids is 2. The number of rotatable bonds is 6. The Labute approximate surface area is 162 Å². The van der Waals surface area contributed by atoms with Gasteiger partial charge in [0.25, 0.3) is 0 Å². The molecule has 1 saturated heterocycles. The first-order chi connectivity index (χ1) is 13.5. The summed E-state index contributed by atoms with van der Waals surface area (Å²) in [5.41, 5.74) is 1.46. The summed E-state index contributed by atoms with van der Waals surface area (Å²) in [6.45, 7) is 0.629. The third kappa shape index (κ3) is 4.51. The van der Waals surface area contributed by atoms with E-state index < -0.39 is 0 Å². The van der Waals surface area contributed by atoms with Crippen LogP contribution in [0.1, 0.15) is 12.0 Å². The third-order valence-corrected chi connectivity index (χ3v) is 4.51. The van der Waals surface area contributed by atoms with Crippen molar-refractivity contribution >= 4 is 17.6 Å². The number of methoxy groups -OCH3 is 2. The summed E-state index contributed by atoms with van der Waals surface area (Å²) in [7, 11) is 3.08. The molecule has 2 N–H and O–H groups in total. The molecular weight excluding hydrogens is 365 g/mol. The van der Waals surface area contributed by atoms with Crippen molar-refractivity contribution < 1.29 is 23.5 Å². The van der Waals surface area contributed by atoms with Crippen LogP contribution in [0.2, 0.25) is 0 Å². The normalized spacial score (nSPS) is 16.0. The Morgan fingerprint density at radius 1 is 1.14 bits per heavy atom. The average molecular weight is 387 g/mol. The van der Waals surface area contributed by atoms with Crippen LogP contribution in [0, 0.1) is 5.82 Å². The number of amides is 3. The van der Waals surface area contributed by atoms with Crippen LogP contribution in [-0.2, 0) is 11.3 Å². The van der Waals surface area contributed by atoms with Crippen molar-refractivity contribution in [2.45, 2.75) is 19.0 Å². The van der Waals surface area contributed by atoms with Gasteiger partial charge in [-0.05, 0) is 29.8 Å². The quantitative estimate of drug-likeness (QED) is 0.798. The number of hydrogen-bond acceptors (Lipinski definition) is 4. The van der Waals surface area contributed by atoms with Gasteiger partial charge in [0.1, 0.15) is 5.82 Å². The van der Waals surface area contributed by atoms with Crippen LogP contribution in [0.25, 0.3) is 0 Å². The minimum absolute atomic E-state index is 0.0870. The Morgan fingerprint density at radius 2 is 1.86 bits per heavy atom. The lowest BCUT2D eigenvalue weighted by Crippen LogP contribution is -2.43. The zero-order valence-corrected chi connectivity index (χ0v) is 15.7. The number of ether oxygens (including phenoxy) is 2. The van der Waals surface area contributed by atoms with Gasteiger partial charge in [0.05, 0.1) is 20.3 Å². The van der Waals surface area contributed by atoms with Gasteiger partial charge in [-0.2, -0.15) is 0 Å². The molecule has 0 bridgehead atoms. The largest absolute Gasteiger partial charge is 0.493 e. The predicted molar refractivity (Wildman–Crippen MR) is 102 cm³/mol. The lowest BCUT2D eigenvalue weighted by atomic mass is 10.2. The third-order valence-electron chi connectivity index (χ3n) is 4.51. The maximum atomic E-state index is 12.9. The molecule has 1 unspecified atom stereocenters. The van der Waals surface area contributed by atoms with Gasteiger partial charge in [-0.25, -0.2) is 9.18 Å². The fourth-order valence-corrected chi connectivity index (χ4v) is 3.07. The molecule has 0 saturated carbocycles. The average Bonchev–Trinajstić information content (AvgIpc) is 3.06. The van der Waals surface area contributed by atoms with Crippen molar-refractivity contribution in [2.75, 3.05) is 25.7 Å². The summed E-state index contributed by atoms with van der Waals surface area (Å²) in [6, 6.07) is 10.4. The van der Waals surface area contributed by atoms with Crippen LogP contribution >= 0.6 is 0 Å². The molecule has 0 radical (unpaired) electrons. The van der Waals surface area contributed by atoms with Gasteiger partial charge in [0, 0.05) is 31.3 Å². The van der Waals surface area contributed by atoms with Gasteiger partial charge in [-0.15, -0.1) is 0 Å². The molecular formula is C20H22FN3O4. The SMILES string of the molecule is COc1ccc(N2CC(NC(=O)NCc3ccc(F)cc3)CC2=O)cc1OC. The first-order valence-corrected chi connectivity index (χ1v) is 8.81. The van der Waals surface area contributed by atoms with E-state index in [-0.39, 0.29) is 36.8 Å². The fraction of sp³-hybridized carbons (Fsp3) is 0.300. The molecule has 1 fully saturated rings. The molecule has 8 heteroatoms. The predicted octanol–water partition coefficient (Wildman–Crippen LogP) is 2.45. The van der Waals surface area contributed by atoms with Gasteiger partial charge < -0.3 is 25.0 Å². The highest BCUT2D eigenvalue weighted by atomic mass is 19.1. The molecule has 1 atom stereocenters. The number of benzene rings is 2. The summed E-state index contributed by atoms with van der Waals surface area (Å²) in [5, 5.41) is 5.51. The molecule has 2 aromatic carbocycles. The standard InChI is InChI=1S/C20H22FN3O4/c1-27-17-8-7-16(10-18(17)28-2)24-12-15(9-19(24)25)23-20(26)22-11-13-3-5-14(21)6-4-13/h3-8,10,15H,9,11-12H2,1-2H3,(H2,22,23,26). The fourth-order valence-electron chi connectivity index (χ4n) is 3.07. The van der Waals surface area contributed by atoms with E-state index in [4.69, 9.17) is 9.47 Å². The number of nitrogens with one attached hydrogen (secondary N) is 2. The molecule has 1 aliphatic heterocycles. The van der Waals surface area contributed by atoms with E-state index in [0.717, 1.165) is 5.56 Å². The number of hydrogen-bond donors (Lipinski definition) is 2. The second-order valence-electron chi connectivity index (χ2n) is 6.40. The van der Waals surface area contributed by atoms with E-state index >= 15 is 0 Å². The van der Waals surface area contributed by atoms with E-state index in [2.05, 4.69) is 10.6 Å². The number of nitrogens with zero attached hydrogens (tertiary/aromatic N) is 1. The molecule has 3 rings (SSSR count). The van der Waals surface area contributed by atoms with Crippen molar-refractivity contribution in [3.05, 3.63) is 53.8 Å². The minimum atomic E-state index is -0.378. The zero-order chi connectivity index (χ0) is 20.1. The van der Waals surface area contributed by atoms with E-state index in [1.165, 1.54) is 19.2 Å². The summed E-state index contributed by atoms with van der Waals surface area (Å²) < 4.78 is 23.4. The molecule has 2 aromatic rings. The number of urea groups is 1. The maximum absolute atomic E-state index is 12.9. The van der Waals surface area contributed by atoms with Crippen molar-refractivity contribution in [3.63, 3.8) is 0 Å². The topological polar surface area (TPSA) is 79.9 Å². The van der Waals surface area contributed by atoms with Crippen LogP contribution in [0.5, 0.6) is 11.5 Å². The van der Waals surface area contributed by atoms with Crippen LogP contribution in [0.3, 0.4) is 0 Å². The van der Waals surface area contributed by atoms with E-state index in [0.29, 0.717) is 23.7 Å². The summed E-state index contributed by atoms with van der Waals surface area (Å²) in [5.74, 6) is 0.693. The number of halogens is 1. The highest BCUT2D eigenvalue weighted by Crippen LogP contribution is 2.33. The molecule has 7 nitrogen and oxygen atoms in total. The molecule has 0 spiro atoms. The molecule has 148 valence electrons. The van der Waals surface area contributed by atoms with Crippen molar-refractivity contribution in [1.82, 2.24) is 10.6 Å². The summed E-state index contributed by atoms with van der Waals surface area (Å²) in [4.78, 5) is 26.1. The van der Waals surface area contributed by atoms with Gasteiger partial charge in [-0.1, -0.05) is 12.1 Å². The molecule has 1 heterocycles. The second-order valence-corrected chi connectivity index (χ2v) is 6.40. The van der Waals surface area contributed by atoms with Gasteiger partial charge >= 0.3 is 6.03 Å². The highest BCUT2D eigenvalue weighted by molar-refractivity contribution is 5.97. The Morgan fingerprint density at radius 3 is 2.54 bits per heavy atom. The highest BCUT2D eigenvalue weighted by Gasteiger charge is 2.32. The first-order valence-electron chi connectivity index (χ1n) is 8.81. The van der Waals surface area contributed by atoms with Crippen molar-refractivity contribution in [2.24, 2.45) is 0 Å². The zero-order valence-electron chi connectivity index (χ0n) is 15.7. The minimum Gasteiger partial charge on any atom is -0.493 e. The van der Waals surface area contributed by atoms with Gasteiger partial charge in [0.2, 0.25) is 5.91 Å². The van der Waals surface area contributed by atoms with Gasteiger partial charge in [-0.3, -0.25) is 4.79 Å². The Bertz CT molecular complexity index is 857. The Balaban J connectivity index is 1.56. The van der Waals surface area contributed by atoms with Gasteiger partial charge in [0.15, 0.2) is 11.5 Å². The second kappa shape index (κ2) is 8.60. The van der Waals surface area contributed by atoms with Crippen LogP contribution in [0.4, 0.5) is 14.9 Å². The monoisotopic (exact) mass is 387 g/mol. The lowest BCUT2D eigenvalue weighted by Gasteiger charge is -2.19. The Hall–Kier alpha value is -3.29. The molecule has 3 amide bonds. The first kappa shape index (κ1) is 19.5. The van der Waals surface area contributed by atoms with Crippen molar-refractivity contribution in [1.29, 1.82) is 0 Å². The maximum Gasteiger partial charge on any atom is 0.315 e. The molecule has 1 aliphatic rings. The lowest BCUT2D eigenvalue weighted by molar-refractivity contribution is -0.117. The van der Waals surface area contributed by atoms with Crippen molar-refractivity contribution in [3.8, 4) is 11.5 Å². The summed E-state index contributed by atoms with van der Waals surface area (Å²) in [6.07, 6.45) is 0.207. The molecule has 0 aliphatic carbocycles.